The fourth-order valence-corrected chi connectivity index (χ4v) is 3.17. The Morgan fingerprint density at radius 3 is 2.40 bits per heavy atom. The molecule has 112 valence electrons. The van der Waals surface area contributed by atoms with Gasteiger partial charge in [-0.2, -0.15) is 0 Å². The molecule has 3 heteroatoms. The van der Waals surface area contributed by atoms with E-state index in [1.807, 2.05) is 0 Å². The van der Waals surface area contributed by atoms with Crippen molar-refractivity contribution in [2.24, 2.45) is 11.7 Å². The molecule has 0 spiro atoms. The molecule has 1 aliphatic heterocycles. The summed E-state index contributed by atoms with van der Waals surface area (Å²) in [5, 5.41) is 0. The first-order valence-electron chi connectivity index (χ1n) is 7.68. The average molecular weight is 276 g/mol. The minimum absolute atomic E-state index is 0.127. The zero-order chi connectivity index (χ0) is 14.5. The minimum atomic E-state index is 0.127. The molecule has 0 amide bonds. The highest BCUT2D eigenvalue weighted by Crippen LogP contribution is 2.25. The molecule has 0 radical (unpaired) electrons. The Kier molecular flexibility index (Phi) is 5.58. The summed E-state index contributed by atoms with van der Waals surface area (Å²) >= 11 is 0. The van der Waals surface area contributed by atoms with Crippen molar-refractivity contribution in [2.45, 2.75) is 38.8 Å². The normalized spacial score (nSPS) is 20.1. The third-order valence-corrected chi connectivity index (χ3v) is 4.28. The molecule has 1 fully saturated rings. The lowest BCUT2D eigenvalue weighted by Crippen LogP contribution is -2.40. The second-order valence-corrected chi connectivity index (χ2v) is 6.21. The first-order chi connectivity index (χ1) is 9.58. The second kappa shape index (κ2) is 7.21. The monoisotopic (exact) mass is 276 g/mol. The van der Waals surface area contributed by atoms with Crippen LogP contribution in [0.4, 0.5) is 0 Å². The summed E-state index contributed by atoms with van der Waals surface area (Å²) in [6.45, 7) is 7.14. The van der Waals surface area contributed by atoms with Crippen LogP contribution in [0.15, 0.2) is 24.3 Å². The van der Waals surface area contributed by atoms with Gasteiger partial charge in [0.2, 0.25) is 0 Å². The maximum Gasteiger partial charge on any atom is 0.0493 e. The molecule has 1 saturated heterocycles. The highest BCUT2D eigenvalue weighted by Gasteiger charge is 2.24. The Bertz CT molecular complexity index is 396. The van der Waals surface area contributed by atoms with Gasteiger partial charge in [-0.05, 0) is 45.2 Å². The smallest absolute Gasteiger partial charge is 0.0493 e. The Morgan fingerprint density at radius 2 is 1.85 bits per heavy atom. The number of benzene rings is 1. The largest absolute Gasteiger partial charge is 0.381 e. The van der Waals surface area contributed by atoms with Crippen LogP contribution in [0.25, 0.3) is 0 Å². The van der Waals surface area contributed by atoms with Crippen LogP contribution in [-0.4, -0.2) is 37.7 Å². The number of ether oxygens (including phenoxy) is 1. The SMILES string of the molecule is Cc1ccc(C(C(C)N)N(C)CC2CCOCC2)cc1. The van der Waals surface area contributed by atoms with Gasteiger partial charge in [-0.1, -0.05) is 29.8 Å². The van der Waals surface area contributed by atoms with Crippen molar-refractivity contribution in [3.05, 3.63) is 35.4 Å². The van der Waals surface area contributed by atoms with Crippen LogP contribution in [0.1, 0.15) is 36.9 Å². The van der Waals surface area contributed by atoms with E-state index in [9.17, 15) is 0 Å². The molecule has 0 aromatic heterocycles. The fourth-order valence-electron chi connectivity index (χ4n) is 3.17. The topological polar surface area (TPSA) is 38.5 Å². The van der Waals surface area contributed by atoms with Gasteiger partial charge in [0.05, 0.1) is 0 Å². The molecule has 2 atom stereocenters. The van der Waals surface area contributed by atoms with Crippen molar-refractivity contribution in [2.75, 3.05) is 26.8 Å². The summed E-state index contributed by atoms with van der Waals surface area (Å²) < 4.78 is 5.44. The molecular formula is C17H28N2O. The van der Waals surface area contributed by atoms with Crippen LogP contribution >= 0.6 is 0 Å². The van der Waals surface area contributed by atoms with Crippen molar-refractivity contribution in [1.29, 1.82) is 0 Å². The van der Waals surface area contributed by atoms with E-state index in [-0.39, 0.29) is 6.04 Å². The standard InChI is InChI=1S/C17H28N2O/c1-13-4-6-16(7-5-13)17(14(2)18)19(3)12-15-8-10-20-11-9-15/h4-7,14-15,17H,8-12,18H2,1-3H3. The molecule has 1 heterocycles. The van der Waals surface area contributed by atoms with Crippen LogP contribution in [0.5, 0.6) is 0 Å². The predicted octanol–water partition coefficient (Wildman–Crippen LogP) is 2.74. The van der Waals surface area contributed by atoms with Gasteiger partial charge in [0, 0.05) is 31.8 Å². The fraction of sp³-hybridized carbons (Fsp3) is 0.647. The Morgan fingerprint density at radius 1 is 1.25 bits per heavy atom. The highest BCUT2D eigenvalue weighted by molar-refractivity contribution is 5.25. The van der Waals surface area contributed by atoms with E-state index in [2.05, 4.69) is 50.1 Å². The molecule has 0 saturated carbocycles. The zero-order valence-electron chi connectivity index (χ0n) is 13.0. The molecule has 0 aliphatic carbocycles. The maximum absolute atomic E-state index is 6.25. The van der Waals surface area contributed by atoms with E-state index in [1.165, 1.54) is 24.0 Å². The van der Waals surface area contributed by atoms with Crippen molar-refractivity contribution in [3.63, 3.8) is 0 Å². The lowest BCUT2D eigenvalue weighted by Gasteiger charge is -2.35. The molecule has 2 unspecified atom stereocenters. The quantitative estimate of drug-likeness (QED) is 0.898. The molecule has 20 heavy (non-hydrogen) atoms. The predicted molar refractivity (Wildman–Crippen MR) is 83.7 cm³/mol. The van der Waals surface area contributed by atoms with Crippen LogP contribution in [0.2, 0.25) is 0 Å². The Hall–Kier alpha value is -0.900. The number of rotatable bonds is 5. The van der Waals surface area contributed by atoms with Gasteiger partial charge in [-0.15, -0.1) is 0 Å². The highest BCUT2D eigenvalue weighted by atomic mass is 16.5. The van der Waals surface area contributed by atoms with Gasteiger partial charge in [0.1, 0.15) is 0 Å². The lowest BCUT2D eigenvalue weighted by atomic mass is 9.95. The van der Waals surface area contributed by atoms with Crippen molar-refractivity contribution in [3.8, 4) is 0 Å². The van der Waals surface area contributed by atoms with Crippen LogP contribution in [0, 0.1) is 12.8 Å². The molecule has 1 aromatic rings. The summed E-state index contributed by atoms with van der Waals surface area (Å²) in [7, 11) is 2.20. The van der Waals surface area contributed by atoms with Crippen LogP contribution in [0.3, 0.4) is 0 Å². The summed E-state index contributed by atoms with van der Waals surface area (Å²) in [6, 6.07) is 9.19. The summed E-state index contributed by atoms with van der Waals surface area (Å²) in [5.74, 6) is 0.737. The third-order valence-electron chi connectivity index (χ3n) is 4.28. The van der Waals surface area contributed by atoms with Gasteiger partial charge in [-0.25, -0.2) is 0 Å². The lowest BCUT2D eigenvalue weighted by molar-refractivity contribution is 0.0487. The number of nitrogens with zero attached hydrogens (tertiary/aromatic N) is 1. The van der Waals surface area contributed by atoms with Crippen molar-refractivity contribution in [1.82, 2.24) is 4.90 Å². The number of likely N-dealkylation sites (N-methyl/N-ethyl adjacent to an activating group) is 1. The summed E-state index contributed by atoms with van der Waals surface area (Å²) in [5.41, 5.74) is 8.86. The molecule has 2 N–H and O–H groups in total. The van der Waals surface area contributed by atoms with Crippen molar-refractivity contribution < 1.29 is 4.74 Å². The van der Waals surface area contributed by atoms with Gasteiger partial charge < -0.3 is 10.5 Å². The number of aryl methyl sites for hydroxylation is 1. The van der Waals surface area contributed by atoms with E-state index in [4.69, 9.17) is 10.5 Å². The van der Waals surface area contributed by atoms with E-state index in [1.54, 1.807) is 0 Å². The van der Waals surface area contributed by atoms with Crippen LogP contribution in [-0.2, 0) is 4.74 Å². The van der Waals surface area contributed by atoms with E-state index in [0.29, 0.717) is 6.04 Å². The maximum atomic E-state index is 6.25. The number of nitrogens with two attached hydrogens (primary N) is 1. The van der Waals surface area contributed by atoms with Gasteiger partial charge in [0.15, 0.2) is 0 Å². The Labute approximate surface area is 123 Å². The first kappa shape index (κ1) is 15.5. The molecule has 1 aromatic carbocycles. The molecular weight excluding hydrogens is 248 g/mol. The van der Waals surface area contributed by atoms with Gasteiger partial charge >= 0.3 is 0 Å². The summed E-state index contributed by atoms with van der Waals surface area (Å²) in [6.07, 6.45) is 2.34. The van der Waals surface area contributed by atoms with Gasteiger partial charge in [0.25, 0.3) is 0 Å². The average Bonchev–Trinajstić information content (AvgIpc) is 2.42. The third kappa shape index (κ3) is 4.05. The van der Waals surface area contributed by atoms with E-state index >= 15 is 0 Å². The number of hydrogen-bond acceptors (Lipinski definition) is 3. The molecule has 3 nitrogen and oxygen atoms in total. The van der Waals surface area contributed by atoms with E-state index < -0.39 is 0 Å². The molecule has 0 bridgehead atoms. The van der Waals surface area contributed by atoms with Gasteiger partial charge in [-0.3, -0.25) is 4.90 Å². The number of hydrogen-bond donors (Lipinski definition) is 1. The molecule has 2 rings (SSSR count). The Balaban J connectivity index is 2.05. The minimum Gasteiger partial charge on any atom is -0.381 e. The zero-order valence-corrected chi connectivity index (χ0v) is 13.0. The molecule has 1 aliphatic rings. The van der Waals surface area contributed by atoms with Crippen molar-refractivity contribution >= 4 is 0 Å². The summed E-state index contributed by atoms with van der Waals surface area (Å²) in [4.78, 5) is 2.42. The van der Waals surface area contributed by atoms with Crippen LogP contribution < -0.4 is 5.73 Å². The first-order valence-corrected chi connectivity index (χ1v) is 7.68. The van der Waals surface area contributed by atoms with E-state index in [0.717, 1.165) is 25.7 Å². The second-order valence-electron chi connectivity index (χ2n) is 6.21.